The molecule has 6 heteroatoms. The van der Waals surface area contributed by atoms with Gasteiger partial charge < -0.3 is 20.5 Å². The van der Waals surface area contributed by atoms with E-state index in [9.17, 15) is 9.18 Å². The Bertz CT molecular complexity index is 660. The van der Waals surface area contributed by atoms with Gasteiger partial charge in [0.2, 0.25) is 5.91 Å². The number of rotatable bonds is 6. The molecule has 2 atom stereocenters. The number of anilines is 1. The SMILES string of the molecule is CCOC1CC(N)(C(=O)Nc2ccc(OC3CCC3)c(F)c2)C1(C)C. The molecule has 0 aromatic heterocycles. The molecule has 2 aliphatic carbocycles. The summed E-state index contributed by atoms with van der Waals surface area (Å²) in [5.74, 6) is -0.568. The van der Waals surface area contributed by atoms with Crippen LogP contribution < -0.4 is 15.8 Å². The molecule has 0 bridgehead atoms. The highest BCUT2D eigenvalue weighted by atomic mass is 19.1. The first-order chi connectivity index (χ1) is 11.8. The van der Waals surface area contributed by atoms with Gasteiger partial charge in [0.1, 0.15) is 5.54 Å². The van der Waals surface area contributed by atoms with Gasteiger partial charge in [-0.3, -0.25) is 4.79 Å². The van der Waals surface area contributed by atoms with Crippen LogP contribution in [0.5, 0.6) is 5.75 Å². The Morgan fingerprint density at radius 2 is 2.12 bits per heavy atom. The van der Waals surface area contributed by atoms with Crippen molar-refractivity contribution in [3.63, 3.8) is 0 Å². The molecule has 0 aliphatic heterocycles. The van der Waals surface area contributed by atoms with Gasteiger partial charge in [-0.05, 0) is 38.3 Å². The summed E-state index contributed by atoms with van der Waals surface area (Å²) in [6, 6.07) is 4.48. The van der Waals surface area contributed by atoms with E-state index in [2.05, 4.69) is 5.32 Å². The monoisotopic (exact) mass is 350 g/mol. The van der Waals surface area contributed by atoms with Crippen molar-refractivity contribution in [2.75, 3.05) is 11.9 Å². The first kappa shape index (κ1) is 18.1. The third kappa shape index (κ3) is 3.13. The van der Waals surface area contributed by atoms with Crippen LogP contribution in [-0.2, 0) is 9.53 Å². The van der Waals surface area contributed by atoms with Crippen LogP contribution in [0.15, 0.2) is 18.2 Å². The summed E-state index contributed by atoms with van der Waals surface area (Å²) < 4.78 is 25.4. The van der Waals surface area contributed by atoms with Crippen LogP contribution in [0.1, 0.15) is 46.5 Å². The van der Waals surface area contributed by atoms with Crippen molar-refractivity contribution >= 4 is 11.6 Å². The molecule has 2 fully saturated rings. The lowest BCUT2D eigenvalue weighted by molar-refractivity contribution is -0.166. The predicted octanol–water partition coefficient (Wildman–Crippen LogP) is 3.23. The van der Waals surface area contributed by atoms with Gasteiger partial charge in [-0.25, -0.2) is 4.39 Å². The fraction of sp³-hybridized carbons (Fsp3) is 0.632. The molecule has 1 aromatic rings. The second-order valence-electron chi connectivity index (χ2n) is 7.61. The second kappa shape index (κ2) is 6.57. The highest BCUT2D eigenvalue weighted by Crippen LogP contribution is 2.50. The summed E-state index contributed by atoms with van der Waals surface area (Å²) in [6.07, 6.45) is 3.55. The molecule has 2 aliphatic rings. The van der Waals surface area contributed by atoms with Crippen LogP contribution in [-0.4, -0.2) is 30.3 Å². The number of amides is 1. The zero-order valence-corrected chi connectivity index (χ0v) is 15.1. The number of benzene rings is 1. The van der Waals surface area contributed by atoms with Crippen LogP contribution in [0.2, 0.25) is 0 Å². The number of hydrogen-bond acceptors (Lipinski definition) is 4. The van der Waals surface area contributed by atoms with Gasteiger partial charge in [-0.15, -0.1) is 0 Å². The Balaban J connectivity index is 1.66. The fourth-order valence-electron chi connectivity index (χ4n) is 3.41. The average molecular weight is 350 g/mol. The van der Waals surface area contributed by atoms with Gasteiger partial charge in [0.15, 0.2) is 11.6 Å². The normalized spacial score (nSPS) is 28.0. The zero-order chi connectivity index (χ0) is 18.2. The largest absolute Gasteiger partial charge is 0.487 e. The van der Waals surface area contributed by atoms with Gasteiger partial charge >= 0.3 is 0 Å². The van der Waals surface area contributed by atoms with Gasteiger partial charge in [0.25, 0.3) is 0 Å². The number of carbonyl (C=O) groups excluding carboxylic acids is 1. The van der Waals surface area contributed by atoms with Gasteiger partial charge in [0.05, 0.1) is 12.2 Å². The maximum atomic E-state index is 14.2. The zero-order valence-electron chi connectivity index (χ0n) is 15.1. The predicted molar refractivity (Wildman–Crippen MR) is 94.0 cm³/mol. The maximum absolute atomic E-state index is 14.2. The molecule has 0 heterocycles. The molecule has 1 amide bonds. The van der Waals surface area contributed by atoms with Gasteiger partial charge in [-0.1, -0.05) is 13.8 Å². The van der Waals surface area contributed by atoms with Crippen molar-refractivity contribution in [2.45, 2.75) is 64.2 Å². The van der Waals surface area contributed by atoms with Crippen molar-refractivity contribution in [3.05, 3.63) is 24.0 Å². The fourth-order valence-corrected chi connectivity index (χ4v) is 3.41. The molecular formula is C19H27FN2O3. The van der Waals surface area contributed by atoms with Crippen LogP contribution in [0, 0.1) is 11.2 Å². The van der Waals surface area contributed by atoms with E-state index in [4.69, 9.17) is 15.2 Å². The molecule has 0 radical (unpaired) electrons. The molecule has 1 aromatic carbocycles. The smallest absolute Gasteiger partial charge is 0.245 e. The number of nitrogens with one attached hydrogen (secondary N) is 1. The number of carbonyl (C=O) groups is 1. The van der Waals surface area contributed by atoms with Gasteiger partial charge in [-0.2, -0.15) is 0 Å². The first-order valence-electron chi connectivity index (χ1n) is 8.96. The standard InChI is InChI=1S/C19H27FN2O3/c1-4-24-16-11-19(21,18(16,2)3)17(23)22-12-8-9-15(14(20)10-12)25-13-6-5-7-13/h8-10,13,16H,4-7,11,21H2,1-3H3,(H,22,23). The molecule has 2 unspecified atom stereocenters. The van der Waals surface area contributed by atoms with E-state index in [1.807, 2.05) is 20.8 Å². The molecular weight excluding hydrogens is 323 g/mol. The Hall–Kier alpha value is -1.66. The number of nitrogens with two attached hydrogens (primary N) is 1. The van der Waals surface area contributed by atoms with Crippen molar-refractivity contribution in [3.8, 4) is 5.75 Å². The summed E-state index contributed by atoms with van der Waals surface area (Å²) >= 11 is 0. The first-order valence-corrected chi connectivity index (χ1v) is 8.96. The molecule has 0 spiro atoms. The van der Waals surface area contributed by atoms with E-state index in [1.165, 1.54) is 6.07 Å². The Morgan fingerprint density at radius 1 is 1.40 bits per heavy atom. The summed E-state index contributed by atoms with van der Waals surface area (Å²) in [7, 11) is 0. The van der Waals surface area contributed by atoms with E-state index in [1.54, 1.807) is 12.1 Å². The van der Waals surface area contributed by atoms with Crippen LogP contribution in [0.25, 0.3) is 0 Å². The van der Waals surface area contributed by atoms with Crippen molar-refractivity contribution in [2.24, 2.45) is 11.1 Å². The minimum atomic E-state index is -1.04. The van der Waals surface area contributed by atoms with Crippen molar-refractivity contribution in [1.82, 2.24) is 0 Å². The topological polar surface area (TPSA) is 73.6 Å². The molecule has 25 heavy (non-hydrogen) atoms. The molecule has 0 saturated heterocycles. The summed E-state index contributed by atoms with van der Waals surface area (Å²) in [5, 5.41) is 2.74. The van der Waals surface area contributed by atoms with Crippen molar-refractivity contribution in [1.29, 1.82) is 0 Å². The maximum Gasteiger partial charge on any atom is 0.245 e. The molecule has 3 N–H and O–H groups in total. The Morgan fingerprint density at radius 3 is 2.64 bits per heavy atom. The lowest BCUT2D eigenvalue weighted by Crippen LogP contribution is -2.74. The molecule has 5 nitrogen and oxygen atoms in total. The average Bonchev–Trinajstić information content (AvgIpc) is 2.52. The summed E-state index contributed by atoms with van der Waals surface area (Å²) in [4.78, 5) is 12.7. The molecule has 2 saturated carbocycles. The van der Waals surface area contributed by atoms with E-state index in [-0.39, 0.29) is 23.9 Å². The highest BCUT2D eigenvalue weighted by molar-refractivity contribution is 5.99. The van der Waals surface area contributed by atoms with Crippen molar-refractivity contribution < 1.29 is 18.7 Å². The van der Waals surface area contributed by atoms with E-state index >= 15 is 0 Å². The van der Waals surface area contributed by atoms with Crippen LogP contribution in [0.4, 0.5) is 10.1 Å². The lowest BCUT2D eigenvalue weighted by atomic mass is 9.54. The molecule has 3 rings (SSSR count). The number of ether oxygens (including phenoxy) is 2. The minimum Gasteiger partial charge on any atom is -0.487 e. The van der Waals surface area contributed by atoms with Crippen LogP contribution >= 0.6 is 0 Å². The molecule has 138 valence electrons. The number of hydrogen-bond donors (Lipinski definition) is 2. The second-order valence-corrected chi connectivity index (χ2v) is 7.61. The van der Waals surface area contributed by atoms with E-state index < -0.39 is 16.8 Å². The van der Waals surface area contributed by atoms with Crippen LogP contribution in [0.3, 0.4) is 0 Å². The summed E-state index contributed by atoms with van der Waals surface area (Å²) in [5.41, 5.74) is 5.20. The lowest BCUT2D eigenvalue weighted by Gasteiger charge is -2.57. The van der Waals surface area contributed by atoms with Gasteiger partial charge in [0, 0.05) is 30.2 Å². The third-order valence-corrected chi connectivity index (χ3v) is 5.77. The van der Waals surface area contributed by atoms with E-state index in [0.29, 0.717) is 18.7 Å². The summed E-state index contributed by atoms with van der Waals surface area (Å²) in [6.45, 7) is 6.35. The quantitative estimate of drug-likeness (QED) is 0.826. The third-order valence-electron chi connectivity index (χ3n) is 5.77. The Labute approximate surface area is 148 Å². The van der Waals surface area contributed by atoms with E-state index in [0.717, 1.165) is 19.3 Å². The minimum absolute atomic E-state index is 0.0526. The Kier molecular flexibility index (Phi) is 4.77. The highest BCUT2D eigenvalue weighted by Gasteiger charge is 2.62. The number of halogens is 1.